The lowest BCUT2D eigenvalue weighted by Gasteiger charge is -2.36. The topological polar surface area (TPSA) is 58.6 Å². The summed E-state index contributed by atoms with van der Waals surface area (Å²) < 4.78 is 5.24. The van der Waals surface area contributed by atoms with Gasteiger partial charge in [-0.3, -0.25) is 4.79 Å². The zero-order chi connectivity index (χ0) is 11.4. The van der Waals surface area contributed by atoms with Crippen molar-refractivity contribution >= 4 is 17.2 Å². The number of ether oxygens (including phenoxy) is 1. The van der Waals surface area contributed by atoms with Crippen LogP contribution in [0.5, 0.6) is 0 Å². The van der Waals surface area contributed by atoms with Crippen molar-refractivity contribution in [3.8, 4) is 0 Å². The number of hydrogen-bond donors (Lipinski definition) is 2. The Morgan fingerprint density at radius 3 is 2.88 bits per heavy atom. The molecule has 1 aromatic rings. The van der Waals surface area contributed by atoms with Crippen molar-refractivity contribution in [2.24, 2.45) is 0 Å². The fraction of sp³-hybridized carbons (Fsp3) is 0.545. The van der Waals surface area contributed by atoms with E-state index in [1.165, 1.54) is 11.3 Å². The van der Waals surface area contributed by atoms with Crippen molar-refractivity contribution < 1.29 is 14.6 Å². The van der Waals surface area contributed by atoms with E-state index in [1.807, 2.05) is 11.4 Å². The molecule has 1 aromatic heterocycles. The van der Waals surface area contributed by atoms with Crippen LogP contribution in [0.2, 0.25) is 0 Å². The Hall–Kier alpha value is -0.910. The van der Waals surface area contributed by atoms with Crippen molar-refractivity contribution in [1.29, 1.82) is 0 Å². The van der Waals surface area contributed by atoms with Crippen LogP contribution in [-0.2, 0) is 4.74 Å². The molecule has 4 nitrogen and oxygen atoms in total. The fourth-order valence-electron chi connectivity index (χ4n) is 1.79. The SMILES string of the molecule is O=C(NC1(CO)CCOCC1)c1cccs1. The van der Waals surface area contributed by atoms with Crippen LogP contribution in [0.4, 0.5) is 0 Å². The van der Waals surface area contributed by atoms with Crippen molar-refractivity contribution in [1.82, 2.24) is 5.32 Å². The third-order valence-corrected chi connectivity index (χ3v) is 3.74. The van der Waals surface area contributed by atoms with Crippen LogP contribution in [0.3, 0.4) is 0 Å². The zero-order valence-corrected chi connectivity index (χ0v) is 9.76. The third-order valence-electron chi connectivity index (χ3n) is 2.88. The van der Waals surface area contributed by atoms with Crippen molar-refractivity contribution in [2.45, 2.75) is 18.4 Å². The van der Waals surface area contributed by atoms with E-state index in [-0.39, 0.29) is 12.5 Å². The van der Waals surface area contributed by atoms with Gasteiger partial charge in [0.25, 0.3) is 5.91 Å². The van der Waals surface area contributed by atoms with E-state index < -0.39 is 5.54 Å². The van der Waals surface area contributed by atoms with Gasteiger partial charge >= 0.3 is 0 Å². The first-order valence-electron chi connectivity index (χ1n) is 5.30. The molecular formula is C11H15NO3S. The molecule has 0 radical (unpaired) electrons. The van der Waals surface area contributed by atoms with E-state index in [4.69, 9.17) is 4.74 Å². The molecule has 2 N–H and O–H groups in total. The normalized spacial score (nSPS) is 19.3. The average Bonchev–Trinajstić information content (AvgIpc) is 2.84. The Labute approximate surface area is 98.2 Å². The Morgan fingerprint density at radius 1 is 1.56 bits per heavy atom. The Kier molecular flexibility index (Phi) is 3.58. The number of carbonyl (C=O) groups is 1. The number of aliphatic hydroxyl groups excluding tert-OH is 1. The van der Waals surface area contributed by atoms with Crippen LogP contribution in [0.15, 0.2) is 17.5 Å². The minimum Gasteiger partial charge on any atom is -0.394 e. The minimum atomic E-state index is -0.501. The van der Waals surface area contributed by atoms with E-state index in [2.05, 4.69) is 5.32 Å². The highest BCUT2D eigenvalue weighted by molar-refractivity contribution is 7.12. The lowest BCUT2D eigenvalue weighted by Crippen LogP contribution is -2.54. The Morgan fingerprint density at radius 2 is 2.31 bits per heavy atom. The molecule has 1 saturated heterocycles. The molecule has 1 fully saturated rings. The van der Waals surface area contributed by atoms with E-state index in [1.54, 1.807) is 6.07 Å². The first-order chi connectivity index (χ1) is 7.76. The number of amides is 1. The van der Waals surface area contributed by atoms with Gasteiger partial charge in [-0.25, -0.2) is 0 Å². The van der Waals surface area contributed by atoms with Gasteiger partial charge in [-0.2, -0.15) is 0 Å². The predicted molar refractivity (Wildman–Crippen MR) is 61.7 cm³/mol. The predicted octanol–water partition coefficient (Wildman–Crippen LogP) is 1.02. The number of aliphatic hydroxyl groups is 1. The number of thiophene rings is 1. The maximum absolute atomic E-state index is 11.9. The van der Waals surface area contributed by atoms with E-state index in [0.29, 0.717) is 30.9 Å². The molecule has 0 unspecified atom stereocenters. The molecule has 0 aromatic carbocycles. The van der Waals surface area contributed by atoms with Crippen molar-refractivity contribution in [3.63, 3.8) is 0 Å². The fourth-order valence-corrected chi connectivity index (χ4v) is 2.41. The number of carbonyl (C=O) groups excluding carboxylic acids is 1. The summed E-state index contributed by atoms with van der Waals surface area (Å²) in [5, 5.41) is 14.2. The summed E-state index contributed by atoms with van der Waals surface area (Å²) in [5.74, 6) is -0.106. The van der Waals surface area contributed by atoms with Gasteiger partial charge in [-0.1, -0.05) is 6.07 Å². The van der Waals surface area contributed by atoms with Crippen molar-refractivity contribution in [2.75, 3.05) is 19.8 Å². The second-order valence-electron chi connectivity index (χ2n) is 3.98. The lowest BCUT2D eigenvalue weighted by atomic mass is 9.91. The molecule has 88 valence electrons. The molecule has 0 spiro atoms. The standard InChI is InChI=1S/C11H15NO3S/c13-8-11(3-5-15-6-4-11)12-10(14)9-2-1-7-16-9/h1-2,7,13H,3-6,8H2,(H,12,14). The second kappa shape index (κ2) is 4.95. The summed E-state index contributed by atoms with van der Waals surface area (Å²) in [6.45, 7) is 1.14. The molecule has 5 heteroatoms. The van der Waals surface area contributed by atoms with E-state index in [0.717, 1.165) is 0 Å². The number of hydrogen-bond acceptors (Lipinski definition) is 4. The maximum Gasteiger partial charge on any atom is 0.261 e. The van der Waals surface area contributed by atoms with Crippen LogP contribution in [-0.4, -0.2) is 36.4 Å². The van der Waals surface area contributed by atoms with Gasteiger partial charge in [0.05, 0.1) is 17.0 Å². The molecule has 0 atom stereocenters. The molecule has 0 saturated carbocycles. The van der Waals surface area contributed by atoms with Gasteiger partial charge in [0.1, 0.15) is 0 Å². The summed E-state index contributed by atoms with van der Waals surface area (Å²) in [5.41, 5.74) is -0.501. The average molecular weight is 241 g/mol. The smallest absolute Gasteiger partial charge is 0.261 e. The largest absolute Gasteiger partial charge is 0.394 e. The van der Waals surface area contributed by atoms with Gasteiger partial charge in [-0.15, -0.1) is 11.3 Å². The molecule has 16 heavy (non-hydrogen) atoms. The zero-order valence-electron chi connectivity index (χ0n) is 8.94. The maximum atomic E-state index is 11.9. The number of rotatable bonds is 3. The van der Waals surface area contributed by atoms with Crippen LogP contribution in [0.25, 0.3) is 0 Å². The molecule has 1 aliphatic rings. The summed E-state index contributed by atoms with van der Waals surface area (Å²) in [7, 11) is 0. The van der Waals surface area contributed by atoms with Crippen molar-refractivity contribution in [3.05, 3.63) is 22.4 Å². The second-order valence-corrected chi connectivity index (χ2v) is 4.93. The molecular weight excluding hydrogens is 226 g/mol. The number of nitrogens with one attached hydrogen (secondary N) is 1. The van der Waals surface area contributed by atoms with Gasteiger partial charge in [0, 0.05) is 13.2 Å². The summed E-state index contributed by atoms with van der Waals surface area (Å²) >= 11 is 1.40. The molecule has 0 bridgehead atoms. The van der Waals surface area contributed by atoms with Gasteiger partial charge < -0.3 is 15.2 Å². The first kappa shape index (κ1) is 11.6. The highest BCUT2D eigenvalue weighted by atomic mass is 32.1. The third kappa shape index (κ3) is 2.42. The summed E-state index contributed by atoms with van der Waals surface area (Å²) in [6.07, 6.45) is 1.33. The summed E-state index contributed by atoms with van der Waals surface area (Å²) in [6, 6.07) is 3.62. The highest BCUT2D eigenvalue weighted by Gasteiger charge is 2.33. The molecule has 1 aliphatic heterocycles. The van der Waals surface area contributed by atoms with Crippen LogP contribution >= 0.6 is 11.3 Å². The first-order valence-corrected chi connectivity index (χ1v) is 6.18. The van der Waals surface area contributed by atoms with Crippen LogP contribution < -0.4 is 5.32 Å². The van der Waals surface area contributed by atoms with E-state index in [9.17, 15) is 9.90 Å². The minimum absolute atomic E-state index is 0.0343. The summed E-state index contributed by atoms with van der Waals surface area (Å²) in [4.78, 5) is 12.6. The van der Waals surface area contributed by atoms with Crippen LogP contribution in [0.1, 0.15) is 22.5 Å². The Balaban J connectivity index is 2.03. The van der Waals surface area contributed by atoms with Gasteiger partial charge in [-0.05, 0) is 24.3 Å². The molecule has 2 rings (SSSR count). The van der Waals surface area contributed by atoms with E-state index >= 15 is 0 Å². The Bertz CT molecular complexity index is 344. The molecule has 2 heterocycles. The molecule has 0 aliphatic carbocycles. The lowest BCUT2D eigenvalue weighted by molar-refractivity contribution is 0.0126. The van der Waals surface area contributed by atoms with Crippen LogP contribution in [0, 0.1) is 0 Å². The quantitative estimate of drug-likeness (QED) is 0.830. The van der Waals surface area contributed by atoms with Gasteiger partial charge in [0.2, 0.25) is 0 Å². The highest BCUT2D eigenvalue weighted by Crippen LogP contribution is 2.21. The van der Waals surface area contributed by atoms with Gasteiger partial charge in [0.15, 0.2) is 0 Å². The monoisotopic (exact) mass is 241 g/mol. The molecule has 1 amide bonds.